The molecule has 1 aliphatic heterocycles. The quantitative estimate of drug-likeness (QED) is 0.896. The lowest BCUT2D eigenvalue weighted by molar-refractivity contribution is -0.131. The molecule has 0 bridgehead atoms. The van der Waals surface area contributed by atoms with Crippen LogP contribution in [-0.2, 0) is 9.53 Å². The standard InChI is InChI=1S/C16H24N2O2/c1-5-20-12(3)10-18-15(17-13(4)16(18)19)14-9-7-6-8-11(14)2/h6-9,12-13,15,17H,5,10H2,1-4H3. The summed E-state index contributed by atoms with van der Waals surface area (Å²) in [5, 5.41) is 3.38. The first-order valence-corrected chi connectivity index (χ1v) is 7.28. The van der Waals surface area contributed by atoms with Crippen LogP contribution in [0.25, 0.3) is 0 Å². The monoisotopic (exact) mass is 276 g/mol. The summed E-state index contributed by atoms with van der Waals surface area (Å²) >= 11 is 0. The SMILES string of the molecule is CCOC(C)CN1C(=O)C(C)NC1c1ccccc1C. The van der Waals surface area contributed by atoms with Crippen LogP contribution >= 0.6 is 0 Å². The number of aryl methyl sites for hydroxylation is 1. The summed E-state index contributed by atoms with van der Waals surface area (Å²) in [7, 11) is 0. The van der Waals surface area contributed by atoms with Gasteiger partial charge in [-0.25, -0.2) is 0 Å². The van der Waals surface area contributed by atoms with Gasteiger partial charge in [0.2, 0.25) is 5.91 Å². The molecule has 0 spiro atoms. The molecule has 0 saturated carbocycles. The highest BCUT2D eigenvalue weighted by molar-refractivity contribution is 5.84. The van der Waals surface area contributed by atoms with E-state index >= 15 is 0 Å². The summed E-state index contributed by atoms with van der Waals surface area (Å²) < 4.78 is 5.58. The topological polar surface area (TPSA) is 41.6 Å². The highest BCUT2D eigenvalue weighted by Gasteiger charge is 2.38. The molecule has 1 aromatic rings. The maximum atomic E-state index is 12.3. The Kier molecular flexibility index (Phi) is 4.78. The molecule has 1 fully saturated rings. The van der Waals surface area contributed by atoms with E-state index in [4.69, 9.17) is 4.74 Å². The molecule has 0 radical (unpaired) electrons. The van der Waals surface area contributed by atoms with Crippen molar-refractivity contribution in [2.45, 2.75) is 46.0 Å². The van der Waals surface area contributed by atoms with Gasteiger partial charge in [-0.05, 0) is 38.8 Å². The summed E-state index contributed by atoms with van der Waals surface area (Å²) in [6, 6.07) is 8.05. The normalized spacial score (nSPS) is 24.2. The van der Waals surface area contributed by atoms with Crippen molar-refractivity contribution in [1.82, 2.24) is 10.2 Å². The van der Waals surface area contributed by atoms with Crippen molar-refractivity contribution in [3.63, 3.8) is 0 Å². The molecule has 1 amide bonds. The largest absolute Gasteiger partial charge is 0.377 e. The van der Waals surface area contributed by atoms with Crippen molar-refractivity contribution in [2.75, 3.05) is 13.2 Å². The van der Waals surface area contributed by atoms with Crippen LogP contribution in [0.15, 0.2) is 24.3 Å². The summed E-state index contributed by atoms with van der Waals surface area (Å²) in [5.74, 6) is 0.143. The lowest BCUT2D eigenvalue weighted by Crippen LogP contribution is -2.37. The molecule has 1 N–H and O–H groups in total. The molecule has 4 heteroatoms. The maximum absolute atomic E-state index is 12.3. The van der Waals surface area contributed by atoms with E-state index in [0.29, 0.717) is 13.2 Å². The second-order valence-electron chi connectivity index (χ2n) is 5.40. The number of nitrogens with one attached hydrogen (secondary N) is 1. The lowest BCUT2D eigenvalue weighted by atomic mass is 10.1. The first kappa shape index (κ1) is 15.0. The van der Waals surface area contributed by atoms with Gasteiger partial charge in [0, 0.05) is 13.2 Å². The van der Waals surface area contributed by atoms with Gasteiger partial charge in [-0.1, -0.05) is 24.3 Å². The van der Waals surface area contributed by atoms with Gasteiger partial charge in [-0.2, -0.15) is 0 Å². The van der Waals surface area contributed by atoms with Crippen LogP contribution in [0.4, 0.5) is 0 Å². The van der Waals surface area contributed by atoms with Crippen molar-refractivity contribution >= 4 is 5.91 Å². The Morgan fingerprint density at radius 3 is 2.75 bits per heavy atom. The van der Waals surface area contributed by atoms with E-state index in [-0.39, 0.29) is 24.2 Å². The van der Waals surface area contributed by atoms with Gasteiger partial charge >= 0.3 is 0 Å². The zero-order chi connectivity index (χ0) is 14.7. The van der Waals surface area contributed by atoms with Gasteiger partial charge in [0.25, 0.3) is 0 Å². The fourth-order valence-corrected chi connectivity index (χ4v) is 2.73. The molecule has 0 aromatic heterocycles. The van der Waals surface area contributed by atoms with Gasteiger partial charge < -0.3 is 9.64 Å². The minimum absolute atomic E-state index is 0.0440. The van der Waals surface area contributed by atoms with E-state index in [1.807, 2.05) is 37.8 Å². The fourth-order valence-electron chi connectivity index (χ4n) is 2.73. The van der Waals surface area contributed by atoms with Gasteiger partial charge in [-0.15, -0.1) is 0 Å². The van der Waals surface area contributed by atoms with E-state index in [1.54, 1.807) is 0 Å². The highest BCUT2D eigenvalue weighted by Crippen LogP contribution is 2.27. The molecule has 1 saturated heterocycles. The Hall–Kier alpha value is -1.39. The Balaban J connectivity index is 2.22. The van der Waals surface area contributed by atoms with Crippen molar-refractivity contribution < 1.29 is 9.53 Å². The highest BCUT2D eigenvalue weighted by atomic mass is 16.5. The Bertz CT molecular complexity index is 475. The fraction of sp³-hybridized carbons (Fsp3) is 0.562. The number of benzene rings is 1. The molecular formula is C16H24N2O2. The molecule has 1 aromatic carbocycles. The Morgan fingerprint density at radius 1 is 1.40 bits per heavy atom. The van der Waals surface area contributed by atoms with E-state index in [0.717, 1.165) is 5.56 Å². The zero-order valence-electron chi connectivity index (χ0n) is 12.7. The maximum Gasteiger partial charge on any atom is 0.241 e. The summed E-state index contributed by atoms with van der Waals surface area (Å²) in [5.41, 5.74) is 2.36. The number of ether oxygens (including phenoxy) is 1. The van der Waals surface area contributed by atoms with Crippen molar-refractivity contribution in [1.29, 1.82) is 0 Å². The number of rotatable bonds is 5. The van der Waals surface area contributed by atoms with Crippen LogP contribution < -0.4 is 5.32 Å². The number of hydrogen-bond acceptors (Lipinski definition) is 3. The van der Waals surface area contributed by atoms with Gasteiger partial charge in [-0.3, -0.25) is 10.1 Å². The van der Waals surface area contributed by atoms with Gasteiger partial charge in [0.15, 0.2) is 0 Å². The van der Waals surface area contributed by atoms with E-state index < -0.39 is 0 Å². The number of carbonyl (C=O) groups is 1. The molecular weight excluding hydrogens is 252 g/mol. The summed E-state index contributed by atoms with van der Waals surface area (Å²) in [6.45, 7) is 9.26. The molecule has 3 atom stereocenters. The average molecular weight is 276 g/mol. The number of nitrogens with zero attached hydrogens (tertiary/aromatic N) is 1. The van der Waals surface area contributed by atoms with Crippen LogP contribution in [0.1, 0.15) is 38.1 Å². The minimum atomic E-state index is -0.145. The molecule has 110 valence electrons. The lowest BCUT2D eigenvalue weighted by Gasteiger charge is -2.28. The number of hydrogen-bond donors (Lipinski definition) is 1. The van der Waals surface area contributed by atoms with E-state index in [2.05, 4.69) is 24.4 Å². The second-order valence-corrected chi connectivity index (χ2v) is 5.40. The minimum Gasteiger partial charge on any atom is -0.377 e. The van der Waals surface area contributed by atoms with Crippen LogP contribution in [0.5, 0.6) is 0 Å². The van der Waals surface area contributed by atoms with Crippen molar-refractivity contribution in [3.8, 4) is 0 Å². The predicted octanol–water partition coefficient (Wildman–Crippen LogP) is 2.24. The van der Waals surface area contributed by atoms with Gasteiger partial charge in [0.1, 0.15) is 6.17 Å². The molecule has 0 aliphatic carbocycles. The Morgan fingerprint density at radius 2 is 2.10 bits per heavy atom. The first-order chi connectivity index (χ1) is 9.54. The van der Waals surface area contributed by atoms with Crippen molar-refractivity contribution in [3.05, 3.63) is 35.4 Å². The van der Waals surface area contributed by atoms with Crippen LogP contribution in [-0.4, -0.2) is 36.1 Å². The van der Waals surface area contributed by atoms with Crippen LogP contribution in [0.3, 0.4) is 0 Å². The molecule has 20 heavy (non-hydrogen) atoms. The third kappa shape index (κ3) is 3.02. The summed E-state index contributed by atoms with van der Waals surface area (Å²) in [4.78, 5) is 14.2. The summed E-state index contributed by atoms with van der Waals surface area (Å²) in [6.07, 6.45) is -0.0100. The van der Waals surface area contributed by atoms with Crippen molar-refractivity contribution in [2.24, 2.45) is 0 Å². The van der Waals surface area contributed by atoms with E-state index in [9.17, 15) is 4.79 Å². The third-order valence-electron chi connectivity index (χ3n) is 3.76. The molecule has 2 rings (SSSR count). The molecule has 1 aliphatic rings. The Labute approximate surface area is 121 Å². The average Bonchev–Trinajstić information content (AvgIpc) is 2.68. The molecule has 1 heterocycles. The van der Waals surface area contributed by atoms with Crippen LogP contribution in [0.2, 0.25) is 0 Å². The first-order valence-electron chi connectivity index (χ1n) is 7.28. The van der Waals surface area contributed by atoms with Crippen LogP contribution in [0, 0.1) is 6.92 Å². The van der Waals surface area contributed by atoms with Gasteiger partial charge in [0.05, 0.1) is 12.1 Å². The second kappa shape index (κ2) is 6.37. The molecule has 4 nitrogen and oxygen atoms in total. The smallest absolute Gasteiger partial charge is 0.241 e. The van der Waals surface area contributed by atoms with E-state index in [1.165, 1.54) is 5.56 Å². The number of carbonyl (C=O) groups excluding carboxylic acids is 1. The molecule has 3 unspecified atom stereocenters. The number of amides is 1. The zero-order valence-corrected chi connectivity index (χ0v) is 12.7. The predicted molar refractivity (Wildman–Crippen MR) is 79.3 cm³/mol. The third-order valence-corrected chi connectivity index (χ3v) is 3.76.